The van der Waals surface area contributed by atoms with Crippen LogP contribution in [0.2, 0.25) is 0 Å². The first-order chi connectivity index (χ1) is 16.3. The summed E-state index contributed by atoms with van der Waals surface area (Å²) in [4.78, 5) is 26.8. The Hall–Kier alpha value is -3.85. The molecule has 0 radical (unpaired) electrons. The van der Waals surface area contributed by atoms with E-state index in [-0.39, 0.29) is 6.04 Å². The maximum atomic E-state index is 11.1. The molecule has 1 atom stereocenters. The van der Waals surface area contributed by atoms with Crippen LogP contribution in [0, 0.1) is 4.91 Å². The third kappa shape index (κ3) is 3.60. The minimum Gasteiger partial charge on any atom is -0.449 e. The zero-order valence-electron chi connectivity index (χ0n) is 17.9. The molecule has 2 aliphatic rings. The lowest BCUT2D eigenvalue weighted by molar-refractivity contribution is 0.122. The number of nitrogens with zero attached hydrogens (tertiary/aromatic N) is 5. The van der Waals surface area contributed by atoms with E-state index in [0.717, 1.165) is 59.6 Å². The highest BCUT2D eigenvalue weighted by molar-refractivity contribution is 5.99. The molecule has 1 N–H and O–H groups in total. The number of benzene rings is 1. The van der Waals surface area contributed by atoms with Crippen molar-refractivity contribution >= 4 is 28.2 Å². The largest absolute Gasteiger partial charge is 0.449 e. The number of morpholine rings is 1. The van der Waals surface area contributed by atoms with Gasteiger partial charge in [-0.1, -0.05) is 11.2 Å². The van der Waals surface area contributed by atoms with Gasteiger partial charge in [0.25, 0.3) is 0 Å². The highest BCUT2D eigenvalue weighted by Crippen LogP contribution is 2.40. The number of anilines is 3. The Morgan fingerprint density at radius 3 is 2.91 bits per heavy atom. The zero-order chi connectivity index (χ0) is 22.2. The van der Waals surface area contributed by atoms with E-state index in [9.17, 15) is 4.91 Å². The minimum atomic E-state index is -0.248. The van der Waals surface area contributed by atoms with Gasteiger partial charge in [-0.05, 0) is 48.2 Å². The zero-order valence-corrected chi connectivity index (χ0v) is 17.9. The van der Waals surface area contributed by atoms with Crippen LogP contribution in [0.3, 0.4) is 0 Å². The molecule has 6 rings (SSSR count). The van der Waals surface area contributed by atoms with E-state index in [2.05, 4.69) is 31.4 Å². The van der Waals surface area contributed by atoms with Gasteiger partial charge >= 0.3 is 0 Å². The predicted molar refractivity (Wildman–Crippen MR) is 125 cm³/mol. The van der Waals surface area contributed by atoms with Crippen molar-refractivity contribution in [1.82, 2.24) is 15.0 Å². The Morgan fingerprint density at radius 2 is 2.03 bits per heavy atom. The van der Waals surface area contributed by atoms with Crippen molar-refractivity contribution in [2.45, 2.75) is 18.9 Å². The van der Waals surface area contributed by atoms with E-state index in [1.54, 1.807) is 18.6 Å². The van der Waals surface area contributed by atoms with Crippen LogP contribution >= 0.6 is 0 Å². The molecule has 0 amide bonds. The number of fused-ring (bicyclic) bond motifs is 2. The summed E-state index contributed by atoms with van der Waals surface area (Å²) in [6.07, 6.45) is 6.79. The van der Waals surface area contributed by atoms with Crippen LogP contribution in [-0.4, -0.2) is 41.3 Å². The van der Waals surface area contributed by atoms with Crippen LogP contribution < -0.4 is 10.2 Å². The Kier molecular flexibility index (Phi) is 4.95. The number of nitrogens with one attached hydrogen (secondary N) is 1. The molecule has 166 valence electrons. The van der Waals surface area contributed by atoms with Gasteiger partial charge in [-0.25, -0.2) is 9.97 Å². The maximum Gasteiger partial charge on any atom is 0.199 e. The maximum absolute atomic E-state index is 11.1. The van der Waals surface area contributed by atoms with Crippen LogP contribution in [0.5, 0.6) is 0 Å². The molecule has 1 fully saturated rings. The number of hydrogen-bond acceptors (Lipinski definition) is 9. The van der Waals surface area contributed by atoms with Crippen molar-refractivity contribution in [1.29, 1.82) is 0 Å². The smallest absolute Gasteiger partial charge is 0.199 e. The lowest BCUT2D eigenvalue weighted by Gasteiger charge is -2.27. The number of ether oxygens (including phenoxy) is 1. The van der Waals surface area contributed by atoms with Gasteiger partial charge in [-0.2, -0.15) is 4.91 Å². The van der Waals surface area contributed by atoms with Crippen LogP contribution in [0.25, 0.3) is 22.6 Å². The molecule has 4 heterocycles. The van der Waals surface area contributed by atoms with E-state index in [1.807, 2.05) is 24.3 Å². The van der Waals surface area contributed by atoms with Crippen LogP contribution in [-0.2, 0) is 11.2 Å². The summed E-state index contributed by atoms with van der Waals surface area (Å²) in [6.45, 7) is 2.94. The molecule has 1 aliphatic heterocycles. The summed E-state index contributed by atoms with van der Waals surface area (Å²) in [6, 6.07) is 9.60. The molecule has 3 aromatic heterocycles. The number of aryl methyl sites for hydroxylation is 1. The Balaban J connectivity index is 1.40. The van der Waals surface area contributed by atoms with E-state index in [4.69, 9.17) is 14.1 Å². The molecule has 0 bridgehead atoms. The van der Waals surface area contributed by atoms with E-state index in [1.165, 1.54) is 0 Å². The summed E-state index contributed by atoms with van der Waals surface area (Å²) in [5.74, 6) is 1.91. The van der Waals surface area contributed by atoms with Gasteiger partial charge < -0.3 is 19.4 Å². The number of aromatic nitrogens is 3. The van der Waals surface area contributed by atoms with E-state index < -0.39 is 0 Å². The molecule has 1 unspecified atom stereocenters. The third-order valence-electron chi connectivity index (χ3n) is 6.26. The average molecular weight is 442 g/mol. The van der Waals surface area contributed by atoms with Crippen molar-refractivity contribution in [3.8, 4) is 11.6 Å². The van der Waals surface area contributed by atoms with E-state index in [0.29, 0.717) is 30.4 Å². The number of rotatable bonds is 5. The molecular weight excluding hydrogens is 420 g/mol. The molecule has 1 aromatic carbocycles. The molecule has 33 heavy (non-hydrogen) atoms. The molecule has 1 aliphatic carbocycles. The first-order valence-electron chi connectivity index (χ1n) is 11.0. The average Bonchev–Trinajstić information content (AvgIpc) is 3.46. The summed E-state index contributed by atoms with van der Waals surface area (Å²) in [5.41, 5.74) is 4.51. The molecule has 1 saturated heterocycles. The SMILES string of the molecule is O=NC1CCc2cc(Nc3c(-c4nccc(N5CCOCC5)n4)oc4cnccc34)ccc21. The number of furan rings is 1. The number of nitroso groups, excluding NO2 is 1. The second kappa shape index (κ2) is 8.25. The Morgan fingerprint density at radius 1 is 1.12 bits per heavy atom. The van der Waals surface area contributed by atoms with Crippen molar-refractivity contribution in [3.63, 3.8) is 0 Å². The van der Waals surface area contributed by atoms with Crippen LogP contribution in [0.1, 0.15) is 23.6 Å². The summed E-state index contributed by atoms with van der Waals surface area (Å²) >= 11 is 0. The van der Waals surface area contributed by atoms with Crippen LogP contribution in [0.15, 0.2) is 58.5 Å². The fraction of sp³-hybridized carbons (Fsp3) is 0.292. The summed E-state index contributed by atoms with van der Waals surface area (Å²) < 4.78 is 11.6. The fourth-order valence-corrected chi connectivity index (χ4v) is 4.59. The standard InChI is InChI=1S/C24H22N6O3/c31-29-19-4-1-15-13-16(2-3-17(15)19)27-22-18-5-7-25-14-20(18)33-23(22)24-26-8-6-21(28-24)30-9-11-32-12-10-30/h2-3,5-8,13-14,19,27H,1,4,9-12H2. The fourth-order valence-electron chi connectivity index (χ4n) is 4.59. The normalized spacial score (nSPS) is 17.8. The van der Waals surface area contributed by atoms with Crippen molar-refractivity contribution in [2.24, 2.45) is 5.18 Å². The molecular formula is C24H22N6O3. The summed E-state index contributed by atoms with van der Waals surface area (Å²) in [5, 5.41) is 7.66. The molecule has 4 aromatic rings. The first-order valence-corrected chi connectivity index (χ1v) is 11.0. The quantitative estimate of drug-likeness (QED) is 0.446. The second-order valence-electron chi connectivity index (χ2n) is 8.21. The number of pyridine rings is 1. The highest BCUT2D eigenvalue weighted by atomic mass is 16.5. The van der Waals surface area contributed by atoms with Crippen molar-refractivity contribution < 1.29 is 9.15 Å². The monoisotopic (exact) mass is 442 g/mol. The molecule has 0 spiro atoms. The van der Waals surface area contributed by atoms with Gasteiger partial charge in [0.1, 0.15) is 11.9 Å². The molecule has 9 nitrogen and oxygen atoms in total. The lowest BCUT2D eigenvalue weighted by Crippen LogP contribution is -2.36. The molecule has 9 heteroatoms. The van der Waals surface area contributed by atoms with Crippen molar-refractivity contribution in [3.05, 3.63) is 65.0 Å². The van der Waals surface area contributed by atoms with Gasteiger partial charge in [0.15, 0.2) is 17.2 Å². The van der Waals surface area contributed by atoms with Gasteiger partial charge in [0.2, 0.25) is 0 Å². The highest BCUT2D eigenvalue weighted by Gasteiger charge is 2.25. The Bertz CT molecular complexity index is 1330. The topological polar surface area (TPSA) is 106 Å². The van der Waals surface area contributed by atoms with Gasteiger partial charge in [-0.15, -0.1) is 0 Å². The Labute approximate surface area is 189 Å². The van der Waals surface area contributed by atoms with E-state index >= 15 is 0 Å². The second-order valence-corrected chi connectivity index (χ2v) is 8.21. The lowest BCUT2D eigenvalue weighted by atomic mass is 10.1. The first kappa shape index (κ1) is 19.8. The third-order valence-corrected chi connectivity index (χ3v) is 6.26. The summed E-state index contributed by atoms with van der Waals surface area (Å²) in [7, 11) is 0. The van der Waals surface area contributed by atoms with Gasteiger partial charge in [0, 0.05) is 36.6 Å². The van der Waals surface area contributed by atoms with Gasteiger partial charge in [0.05, 0.1) is 25.1 Å². The predicted octanol–water partition coefficient (Wildman–Crippen LogP) is 4.62. The molecule has 0 saturated carbocycles. The van der Waals surface area contributed by atoms with Crippen molar-refractivity contribution in [2.75, 3.05) is 36.5 Å². The van der Waals surface area contributed by atoms with Gasteiger partial charge in [-0.3, -0.25) is 4.98 Å². The minimum absolute atomic E-state index is 0.248. The number of hydrogen-bond donors (Lipinski definition) is 1. The van der Waals surface area contributed by atoms with Crippen LogP contribution in [0.4, 0.5) is 17.2 Å².